The van der Waals surface area contributed by atoms with Crippen molar-refractivity contribution in [1.82, 2.24) is 14.6 Å². The molecule has 0 bridgehead atoms. The number of nitrogens with zero attached hydrogens (tertiary/aromatic N) is 3. The molecule has 0 unspecified atom stereocenters. The first-order valence-corrected chi connectivity index (χ1v) is 8.70. The molecule has 6 nitrogen and oxygen atoms in total. The second-order valence-corrected chi connectivity index (χ2v) is 6.60. The Morgan fingerprint density at radius 3 is 2.55 bits per heavy atom. The number of aryl methyl sites for hydroxylation is 1. The maximum Gasteiger partial charge on any atom is 0.433 e. The Morgan fingerprint density at radius 1 is 1.21 bits per heavy atom. The van der Waals surface area contributed by atoms with Gasteiger partial charge < -0.3 is 9.73 Å². The van der Waals surface area contributed by atoms with Gasteiger partial charge >= 0.3 is 6.18 Å². The molecule has 1 aromatic carbocycles. The summed E-state index contributed by atoms with van der Waals surface area (Å²) >= 11 is 6.19. The molecule has 0 aliphatic heterocycles. The number of carbonyl (C=O) groups excluding carboxylic acids is 1. The summed E-state index contributed by atoms with van der Waals surface area (Å²) in [4.78, 5) is 16.7. The molecule has 148 valence electrons. The Morgan fingerprint density at radius 2 is 1.93 bits per heavy atom. The van der Waals surface area contributed by atoms with Crippen LogP contribution in [0.1, 0.15) is 21.7 Å². The monoisotopic (exact) mass is 420 g/mol. The van der Waals surface area contributed by atoms with Crippen molar-refractivity contribution >= 4 is 28.8 Å². The summed E-state index contributed by atoms with van der Waals surface area (Å²) in [6.45, 7) is 1.88. The Hall–Kier alpha value is -3.33. The fraction of sp³-hybridized carbons (Fsp3) is 0.105. The van der Waals surface area contributed by atoms with Crippen molar-refractivity contribution < 1.29 is 22.4 Å². The van der Waals surface area contributed by atoms with Gasteiger partial charge in [0.15, 0.2) is 22.8 Å². The van der Waals surface area contributed by atoms with Crippen LogP contribution in [0.3, 0.4) is 0 Å². The Kier molecular flexibility index (Phi) is 4.54. The predicted molar refractivity (Wildman–Crippen MR) is 99.8 cm³/mol. The third-order valence-electron chi connectivity index (χ3n) is 4.12. The summed E-state index contributed by atoms with van der Waals surface area (Å²) in [5.41, 5.74) is -0.455. The first-order valence-electron chi connectivity index (χ1n) is 8.32. The number of hydrogen-bond donors (Lipinski definition) is 1. The molecule has 3 aromatic heterocycles. The molecule has 0 atom stereocenters. The average molecular weight is 421 g/mol. The van der Waals surface area contributed by atoms with Gasteiger partial charge in [-0.05, 0) is 37.3 Å². The molecule has 0 radical (unpaired) electrons. The molecule has 1 amide bonds. The maximum atomic E-state index is 13.6. The highest BCUT2D eigenvalue weighted by atomic mass is 35.5. The number of benzene rings is 1. The van der Waals surface area contributed by atoms with Gasteiger partial charge in [0.25, 0.3) is 5.91 Å². The van der Waals surface area contributed by atoms with Crippen molar-refractivity contribution in [3.05, 3.63) is 70.7 Å². The lowest BCUT2D eigenvalue weighted by Crippen LogP contribution is -2.15. The number of anilines is 1. The van der Waals surface area contributed by atoms with E-state index < -0.39 is 17.8 Å². The first kappa shape index (κ1) is 19.0. The van der Waals surface area contributed by atoms with Crippen molar-refractivity contribution in [1.29, 1.82) is 0 Å². The molecule has 4 aromatic rings. The lowest BCUT2D eigenvalue weighted by molar-refractivity contribution is -0.142. The summed E-state index contributed by atoms with van der Waals surface area (Å²) in [5, 5.41) is 6.04. The van der Waals surface area contributed by atoms with Crippen molar-refractivity contribution in [2.45, 2.75) is 13.1 Å². The van der Waals surface area contributed by atoms with E-state index in [2.05, 4.69) is 15.4 Å². The molecule has 0 saturated carbocycles. The van der Waals surface area contributed by atoms with Gasteiger partial charge in [0.1, 0.15) is 10.7 Å². The number of amides is 1. The fourth-order valence-electron chi connectivity index (χ4n) is 2.72. The zero-order valence-corrected chi connectivity index (χ0v) is 15.5. The number of nitrogens with one attached hydrogen (secondary N) is 1. The number of carbonyl (C=O) groups is 1. The molecular formula is C19H12ClF3N4O2. The van der Waals surface area contributed by atoms with Crippen LogP contribution in [0.25, 0.3) is 17.1 Å². The van der Waals surface area contributed by atoms with Crippen LogP contribution in [-0.4, -0.2) is 20.5 Å². The maximum absolute atomic E-state index is 13.6. The predicted octanol–water partition coefficient (Wildman–Crippen LogP) is 5.22. The van der Waals surface area contributed by atoms with E-state index in [-0.39, 0.29) is 27.8 Å². The Balaban J connectivity index is 1.83. The lowest BCUT2D eigenvalue weighted by Gasteiger charge is -2.09. The van der Waals surface area contributed by atoms with E-state index >= 15 is 0 Å². The third kappa shape index (κ3) is 3.56. The van der Waals surface area contributed by atoms with E-state index in [0.717, 1.165) is 11.6 Å². The van der Waals surface area contributed by atoms with Gasteiger partial charge in [-0.2, -0.15) is 18.3 Å². The van der Waals surface area contributed by atoms with Crippen molar-refractivity contribution in [2.24, 2.45) is 0 Å². The fourth-order valence-corrected chi connectivity index (χ4v) is 2.96. The standard InChI is InChI=1S/C19H12ClF3N4O2/c1-10-4-6-11(7-5-10)24-18(28)16-15(20)17-25-12(13-3-2-8-29-13)9-14(19(21,22)23)27(17)26-16/h2-9H,1H3,(H,24,28). The number of hydrogen-bond acceptors (Lipinski definition) is 4. The highest BCUT2D eigenvalue weighted by molar-refractivity contribution is 6.37. The quantitative estimate of drug-likeness (QED) is 0.493. The lowest BCUT2D eigenvalue weighted by atomic mass is 10.2. The van der Waals surface area contributed by atoms with Crippen LogP contribution in [0.5, 0.6) is 0 Å². The number of fused-ring (bicyclic) bond motifs is 1. The normalized spacial score (nSPS) is 11.8. The second-order valence-electron chi connectivity index (χ2n) is 6.22. The number of aromatic nitrogens is 3. The summed E-state index contributed by atoms with van der Waals surface area (Å²) < 4.78 is 46.5. The van der Waals surface area contributed by atoms with Crippen LogP contribution in [0.15, 0.2) is 53.1 Å². The van der Waals surface area contributed by atoms with Crippen LogP contribution in [0.4, 0.5) is 18.9 Å². The highest BCUT2D eigenvalue weighted by Crippen LogP contribution is 2.34. The van der Waals surface area contributed by atoms with Crippen LogP contribution in [-0.2, 0) is 6.18 Å². The highest BCUT2D eigenvalue weighted by Gasteiger charge is 2.37. The largest absolute Gasteiger partial charge is 0.463 e. The SMILES string of the molecule is Cc1ccc(NC(=O)c2nn3c(C(F)(F)F)cc(-c4ccco4)nc3c2Cl)cc1. The molecular weight excluding hydrogens is 409 g/mol. The molecule has 0 spiro atoms. The van der Waals surface area contributed by atoms with E-state index in [0.29, 0.717) is 10.2 Å². The van der Waals surface area contributed by atoms with E-state index in [1.807, 2.05) is 6.92 Å². The van der Waals surface area contributed by atoms with Crippen molar-refractivity contribution in [2.75, 3.05) is 5.32 Å². The van der Waals surface area contributed by atoms with E-state index in [4.69, 9.17) is 16.0 Å². The van der Waals surface area contributed by atoms with Gasteiger partial charge in [-0.3, -0.25) is 4.79 Å². The first-order chi connectivity index (χ1) is 13.7. The molecule has 10 heteroatoms. The van der Waals surface area contributed by atoms with Crippen LogP contribution >= 0.6 is 11.6 Å². The summed E-state index contributed by atoms with van der Waals surface area (Å²) in [6.07, 6.45) is -3.45. The molecule has 0 aliphatic carbocycles. The van der Waals surface area contributed by atoms with Crippen LogP contribution < -0.4 is 5.32 Å². The van der Waals surface area contributed by atoms with Gasteiger partial charge in [0.2, 0.25) is 0 Å². The number of halogens is 4. The zero-order chi connectivity index (χ0) is 20.8. The van der Waals surface area contributed by atoms with Gasteiger partial charge in [0.05, 0.1) is 6.26 Å². The molecule has 4 rings (SSSR count). The third-order valence-corrected chi connectivity index (χ3v) is 4.47. The van der Waals surface area contributed by atoms with E-state index in [9.17, 15) is 18.0 Å². The van der Waals surface area contributed by atoms with Gasteiger partial charge in [0, 0.05) is 5.69 Å². The molecule has 0 saturated heterocycles. The number of furan rings is 1. The van der Waals surface area contributed by atoms with Crippen molar-refractivity contribution in [3.8, 4) is 11.5 Å². The topological polar surface area (TPSA) is 72.4 Å². The van der Waals surface area contributed by atoms with Gasteiger partial charge in [-0.25, -0.2) is 9.50 Å². The Bertz CT molecular complexity index is 1200. The molecule has 3 heterocycles. The minimum atomic E-state index is -4.76. The summed E-state index contributed by atoms with van der Waals surface area (Å²) in [5.74, 6) is -0.627. The minimum absolute atomic E-state index is 0.0814. The summed E-state index contributed by atoms with van der Waals surface area (Å²) in [6, 6.07) is 10.6. The second kappa shape index (κ2) is 6.93. The minimum Gasteiger partial charge on any atom is -0.463 e. The van der Waals surface area contributed by atoms with E-state index in [1.54, 1.807) is 24.3 Å². The summed E-state index contributed by atoms with van der Waals surface area (Å²) in [7, 11) is 0. The smallest absolute Gasteiger partial charge is 0.433 e. The van der Waals surface area contributed by atoms with Gasteiger partial charge in [-0.1, -0.05) is 29.3 Å². The molecule has 0 aliphatic rings. The number of rotatable bonds is 3. The molecule has 0 fully saturated rings. The van der Waals surface area contributed by atoms with E-state index in [1.165, 1.54) is 18.4 Å². The number of alkyl halides is 3. The average Bonchev–Trinajstić information content (AvgIpc) is 3.31. The zero-order valence-electron chi connectivity index (χ0n) is 14.8. The van der Waals surface area contributed by atoms with Crippen LogP contribution in [0, 0.1) is 6.92 Å². The van der Waals surface area contributed by atoms with Crippen molar-refractivity contribution in [3.63, 3.8) is 0 Å². The van der Waals surface area contributed by atoms with Gasteiger partial charge in [-0.15, -0.1) is 0 Å². The molecule has 1 N–H and O–H groups in total. The molecule has 29 heavy (non-hydrogen) atoms. The van der Waals surface area contributed by atoms with Crippen LogP contribution in [0.2, 0.25) is 5.02 Å². The Labute approximate surface area is 166 Å².